The summed E-state index contributed by atoms with van der Waals surface area (Å²) in [7, 11) is 3.02. The first-order valence-corrected chi connectivity index (χ1v) is 12.3. The van der Waals surface area contributed by atoms with Crippen molar-refractivity contribution in [1.29, 1.82) is 0 Å². The summed E-state index contributed by atoms with van der Waals surface area (Å²) < 4.78 is 0. The van der Waals surface area contributed by atoms with E-state index in [4.69, 9.17) is 11.5 Å². The molecule has 2 atom stereocenters. The number of carbonyl (C=O) groups is 2. The number of rotatable bonds is 7. The van der Waals surface area contributed by atoms with Crippen molar-refractivity contribution >= 4 is 83.0 Å². The highest BCUT2D eigenvalue weighted by Gasteiger charge is 2.36. The minimum absolute atomic E-state index is 0. The van der Waals surface area contributed by atoms with E-state index in [9.17, 15) is 9.59 Å². The van der Waals surface area contributed by atoms with Crippen LogP contribution in [0.4, 0.5) is 0 Å². The summed E-state index contributed by atoms with van der Waals surface area (Å²) in [6.45, 7) is 12.7. The van der Waals surface area contributed by atoms with Gasteiger partial charge in [-0.05, 0) is 27.7 Å². The first-order chi connectivity index (χ1) is 13.1. The molecule has 14 heteroatoms. The summed E-state index contributed by atoms with van der Waals surface area (Å²) in [6.07, 6.45) is 0. The maximum absolute atomic E-state index is 12.7. The third kappa shape index (κ3) is 10.1. The Morgan fingerprint density at radius 1 is 0.781 bits per heavy atom. The molecule has 2 saturated heterocycles. The topological polar surface area (TPSA) is 117 Å². The molecule has 0 spiro atoms. The van der Waals surface area contributed by atoms with Gasteiger partial charge in [-0.25, -0.2) is 0 Å². The van der Waals surface area contributed by atoms with Crippen LogP contribution in [0.1, 0.15) is 27.7 Å². The fourth-order valence-corrected chi connectivity index (χ4v) is 5.80. The average molecular weight is 579 g/mol. The minimum Gasteiger partial charge on any atom is -0.334 e. The molecule has 32 heavy (non-hydrogen) atoms. The van der Waals surface area contributed by atoms with Crippen molar-refractivity contribution in [2.24, 2.45) is 11.5 Å². The lowest BCUT2D eigenvalue weighted by Gasteiger charge is -2.44. The van der Waals surface area contributed by atoms with Crippen molar-refractivity contribution in [2.45, 2.75) is 50.9 Å². The molecule has 6 N–H and O–H groups in total. The van der Waals surface area contributed by atoms with Crippen molar-refractivity contribution in [3.63, 3.8) is 0 Å². The second-order valence-electron chi connectivity index (χ2n) is 8.74. The van der Waals surface area contributed by atoms with Crippen molar-refractivity contribution in [3.05, 3.63) is 0 Å². The first-order valence-electron chi connectivity index (χ1n) is 9.86. The van der Waals surface area contributed by atoms with Gasteiger partial charge < -0.3 is 31.9 Å². The molecule has 0 unspecified atom stereocenters. The van der Waals surface area contributed by atoms with E-state index in [0.29, 0.717) is 24.6 Å². The molecule has 0 bridgehead atoms. The van der Waals surface area contributed by atoms with E-state index in [-0.39, 0.29) is 72.5 Å². The van der Waals surface area contributed by atoms with E-state index in [1.54, 1.807) is 0 Å². The Morgan fingerprint density at radius 3 is 1.38 bits per heavy atom. The molecule has 2 rings (SSSR count). The van der Waals surface area contributed by atoms with Gasteiger partial charge >= 0.3 is 0 Å². The Kier molecular flexibility index (Phi) is 19.0. The standard InChI is InChI=1S/C18H36N6O2S2.4ClH/c1-17(2)11-21-5-7-23(17)15(25)13(19)9-27-28-10-14(20)16(26)24-8-6-22-12-18(24,3)4;;;;/h13-14,21-22H,5-12,19-20H2,1-4H3;4*1H/t13-,14-;;;;/m0..../s1. The maximum Gasteiger partial charge on any atom is 0.240 e. The summed E-state index contributed by atoms with van der Waals surface area (Å²) in [5.74, 6) is 0.984. The summed E-state index contributed by atoms with van der Waals surface area (Å²) in [5, 5.41) is 6.62. The predicted octanol–water partition coefficient (Wildman–Crippen LogP) is 1.13. The Bertz CT molecular complexity index is 530. The van der Waals surface area contributed by atoms with Crippen LogP contribution >= 0.6 is 71.2 Å². The van der Waals surface area contributed by atoms with Crippen LogP contribution < -0.4 is 22.1 Å². The number of carbonyl (C=O) groups excluding carboxylic acids is 2. The van der Waals surface area contributed by atoms with Gasteiger partial charge in [-0.1, -0.05) is 21.6 Å². The lowest BCUT2D eigenvalue weighted by atomic mass is 9.99. The van der Waals surface area contributed by atoms with Crippen molar-refractivity contribution in [2.75, 3.05) is 50.8 Å². The number of nitrogens with two attached hydrogens (primary N) is 2. The molecule has 0 aromatic carbocycles. The van der Waals surface area contributed by atoms with Crippen LogP contribution in [-0.2, 0) is 9.59 Å². The molecule has 2 aliphatic rings. The zero-order valence-electron chi connectivity index (χ0n) is 19.1. The molecule has 0 aromatic heterocycles. The molecule has 0 radical (unpaired) electrons. The van der Waals surface area contributed by atoms with Gasteiger partial charge in [0, 0.05) is 61.9 Å². The van der Waals surface area contributed by atoms with Crippen LogP contribution in [0.15, 0.2) is 0 Å². The van der Waals surface area contributed by atoms with Crippen molar-refractivity contribution < 1.29 is 9.59 Å². The van der Waals surface area contributed by atoms with Crippen LogP contribution in [0.2, 0.25) is 0 Å². The zero-order chi connectivity index (χ0) is 20.9. The van der Waals surface area contributed by atoms with Gasteiger partial charge in [0.15, 0.2) is 0 Å². The number of halogens is 4. The van der Waals surface area contributed by atoms with Crippen LogP contribution in [0.5, 0.6) is 0 Å². The molecular weight excluding hydrogens is 538 g/mol. The van der Waals surface area contributed by atoms with Crippen LogP contribution in [0.25, 0.3) is 0 Å². The van der Waals surface area contributed by atoms with E-state index in [1.165, 1.54) is 21.6 Å². The van der Waals surface area contributed by atoms with Gasteiger partial charge in [-0.3, -0.25) is 9.59 Å². The molecule has 2 amide bonds. The molecule has 0 aromatic rings. The summed E-state index contributed by atoms with van der Waals surface area (Å²) >= 11 is 0. The summed E-state index contributed by atoms with van der Waals surface area (Å²) in [6, 6.07) is -1.09. The molecule has 2 aliphatic heterocycles. The normalized spacial score (nSPS) is 20.9. The van der Waals surface area contributed by atoms with Crippen LogP contribution in [-0.4, -0.2) is 95.5 Å². The number of piperazine rings is 2. The number of amides is 2. The molecular formula is C18H40Cl4N6O2S2. The summed E-state index contributed by atoms with van der Waals surface area (Å²) in [5.41, 5.74) is 11.8. The smallest absolute Gasteiger partial charge is 0.240 e. The van der Waals surface area contributed by atoms with Gasteiger partial charge in [0.25, 0.3) is 0 Å². The molecule has 0 aliphatic carbocycles. The highest BCUT2D eigenvalue weighted by atomic mass is 35.5. The Morgan fingerprint density at radius 2 is 1.09 bits per heavy atom. The fourth-order valence-electron chi connectivity index (χ4n) is 3.57. The molecule has 194 valence electrons. The van der Waals surface area contributed by atoms with Gasteiger partial charge in [-0.15, -0.1) is 49.6 Å². The van der Waals surface area contributed by atoms with Gasteiger partial charge in [0.05, 0.1) is 12.1 Å². The third-order valence-corrected chi connectivity index (χ3v) is 7.82. The Hall–Kier alpha value is 0.640. The van der Waals surface area contributed by atoms with E-state index in [0.717, 1.165) is 26.2 Å². The highest BCUT2D eigenvalue weighted by Crippen LogP contribution is 2.25. The molecule has 0 saturated carbocycles. The average Bonchev–Trinajstić information content (AvgIpc) is 2.63. The van der Waals surface area contributed by atoms with E-state index < -0.39 is 12.1 Å². The SMILES string of the molecule is CC1(C)CNCCN1C(=O)[C@@H](N)CSSC[C@H](N)C(=O)N1CCNCC1(C)C.Cl.Cl.Cl.Cl. The van der Waals surface area contributed by atoms with Crippen molar-refractivity contribution in [3.8, 4) is 0 Å². The predicted molar refractivity (Wildman–Crippen MR) is 147 cm³/mol. The van der Waals surface area contributed by atoms with E-state index in [1.807, 2.05) is 37.5 Å². The Labute approximate surface area is 225 Å². The third-order valence-electron chi connectivity index (χ3n) is 5.35. The quantitative estimate of drug-likeness (QED) is 0.263. The lowest BCUT2D eigenvalue weighted by molar-refractivity contribution is -0.139. The van der Waals surface area contributed by atoms with E-state index >= 15 is 0 Å². The minimum atomic E-state index is -0.547. The highest BCUT2D eigenvalue weighted by molar-refractivity contribution is 8.76. The Balaban J connectivity index is -0.00000210. The number of nitrogens with zero attached hydrogens (tertiary/aromatic N) is 2. The lowest BCUT2D eigenvalue weighted by Crippen LogP contribution is -2.63. The summed E-state index contributed by atoms with van der Waals surface area (Å²) in [4.78, 5) is 29.1. The second kappa shape index (κ2) is 16.3. The van der Waals surface area contributed by atoms with E-state index in [2.05, 4.69) is 10.6 Å². The number of hydrogen-bond acceptors (Lipinski definition) is 8. The van der Waals surface area contributed by atoms with Gasteiger partial charge in [0.2, 0.25) is 11.8 Å². The number of hydrogen-bond donors (Lipinski definition) is 4. The molecule has 8 nitrogen and oxygen atoms in total. The van der Waals surface area contributed by atoms with Crippen LogP contribution in [0.3, 0.4) is 0 Å². The van der Waals surface area contributed by atoms with Crippen molar-refractivity contribution in [1.82, 2.24) is 20.4 Å². The zero-order valence-corrected chi connectivity index (χ0v) is 24.0. The maximum atomic E-state index is 12.7. The molecule has 2 fully saturated rings. The number of nitrogens with one attached hydrogen (secondary N) is 2. The first kappa shape index (κ1) is 37.2. The monoisotopic (exact) mass is 576 g/mol. The second-order valence-corrected chi connectivity index (χ2v) is 11.3. The molecule has 2 heterocycles. The largest absolute Gasteiger partial charge is 0.334 e. The van der Waals surface area contributed by atoms with Gasteiger partial charge in [-0.2, -0.15) is 0 Å². The van der Waals surface area contributed by atoms with Gasteiger partial charge in [0.1, 0.15) is 0 Å². The fraction of sp³-hybridized carbons (Fsp3) is 0.889. The van der Waals surface area contributed by atoms with Crippen LogP contribution in [0, 0.1) is 0 Å².